The SMILES string of the molecule is CC1CN(C(=O)N[C@H](CC(N)=O)C(=O)O)C(C)CO1. The monoisotopic (exact) mass is 273 g/mol. The number of carboxylic acid groups (broad SMARTS) is 1. The summed E-state index contributed by atoms with van der Waals surface area (Å²) >= 11 is 0. The van der Waals surface area contributed by atoms with E-state index in [1.54, 1.807) is 6.92 Å². The van der Waals surface area contributed by atoms with Crippen LogP contribution >= 0.6 is 0 Å². The molecule has 0 aromatic carbocycles. The van der Waals surface area contributed by atoms with Crippen LogP contribution in [0.3, 0.4) is 0 Å². The Kier molecular flexibility index (Phi) is 5.11. The number of carbonyl (C=O) groups excluding carboxylic acids is 2. The van der Waals surface area contributed by atoms with E-state index >= 15 is 0 Å². The van der Waals surface area contributed by atoms with Gasteiger partial charge in [0.15, 0.2) is 0 Å². The molecule has 0 bridgehead atoms. The molecule has 0 radical (unpaired) electrons. The number of carbonyl (C=O) groups is 3. The largest absolute Gasteiger partial charge is 0.480 e. The van der Waals surface area contributed by atoms with Crippen molar-refractivity contribution in [2.45, 2.75) is 38.5 Å². The minimum atomic E-state index is -1.31. The lowest BCUT2D eigenvalue weighted by Crippen LogP contribution is -2.56. The van der Waals surface area contributed by atoms with Gasteiger partial charge < -0.3 is 25.8 Å². The molecule has 19 heavy (non-hydrogen) atoms. The van der Waals surface area contributed by atoms with Crippen molar-refractivity contribution < 1.29 is 24.2 Å². The van der Waals surface area contributed by atoms with Crippen molar-refractivity contribution in [2.75, 3.05) is 13.2 Å². The standard InChI is InChI=1S/C11H19N3O5/c1-6-5-19-7(2)4-14(6)11(18)13-8(10(16)17)3-9(12)15/h6-8H,3-5H2,1-2H3,(H2,12,15)(H,13,18)(H,16,17)/t6?,7?,8-/m1/s1. The second-order valence-corrected chi connectivity index (χ2v) is 4.66. The summed E-state index contributed by atoms with van der Waals surface area (Å²) in [4.78, 5) is 35.2. The molecular formula is C11H19N3O5. The van der Waals surface area contributed by atoms with Crippen LogP contribution in [0.2, 0.25) is 0 Å². The van der Waals surface area contributed by atoms with Gasteiger partial charge in [-0.15, -0.1) is 0 Å². The fourth-order valence-electron chi connectivity index (χ4n) is 1.82. The summed E-state index contributed by atoms with van der Waals surface area (Å²) in [6, 6.07) is -1.99. The first-order valence-corrected chi connectivity index (χ1v) is 6.01. The average molecular weight is 273 g/mol. The molecule has 108 valence electrons. The number of aliphatic carboxylic acids is 1. The molecule has 1 fully saturated rings. The molecule has 0 saturated carbocycles. The maximum Gasteiger partial charge on any atom is 0.326 e. The van der Waals surface area contributed by atoms with Crippen LogP contribution in [0.5, 0.6) is 0 Å². The number of urea groups is 1. The second-order valence-electron chi connectivity index (χ2n) is 4.66. The summed E-state index contributed by atoms with van der Waals surface area (Å²) in [5.74, 6) is -2.07. The summed E-state index contributed by atoms with van der Waals surface area (Å²) in [6.07, 6.45) is -0.545. The lowest BCUT2D eigenvalue weighted by atomic mass is 10.2. The van der Waals surface area contributed by atoms with Crippen LogP contribution in [0.25, 0.3) is 0 Å². The highest BCUT2D eigenvalue weighted by atomic mass is 16.5. The van der Waals surface area contributed by atoms with E-state index < -0.39 is 30.4 Å². The number of hydrogen-bond acceptors (Lipinski definition) is 4. The second kappa shape index (κ2) is 6.37. The Balaban J connectivity index is 2.65. The van der Waals surface area contributed by atoms with Crippen LogP contribution < -0.4 is 11.1 Å². The zero-order valence-electron chi connectivity index (χ0n) is 11.0. The van der Waals surface area contributed by atoms with Crippen LogP contribution in [0.1, 0.15) is 20.3 Å². The van der Waals surface area contributed by atoms with Gasteiger partial charge in [0.1, 0.15) is 6.04 Å². The Morgan fingerprint density at radius 2 is 2.11 bits per heavy atom. The van der Waals surface area contributed by atoms with Crippen molar-refractivity contribution in [3.63, 3.8) is 0 Å². The first kappa shape index (κ1) is 15.2. The molecule has 0 spiro atoms. The molecule has 8 nitrogen and oxygen atoms in total. The number of amides is 3. The third kappa shape index (κ3) is 4.40. The number of ether oxygens (including phenoxy) is 1. The molecule has 1 aliphatic rings. The van der Waals surface area contributed by atoms with Gasteiger partial charge in [-0.25, -0.2) is 9.59 Å². The number of rotatable bonds is 4. The minimum Gasteiger partial charge on any atom is -0.480 e. The lowest BCUT2D eigenvalue weighted by molar-refractivity contribution is -0.141. The number of carboxylic acids is 1. The van der Waals surface area contributed by atoms with Gasteiger partial charge in [0, 0.05) is 6.54 Å². The summed E-state index contributed by atoms with van der Waals surface area (Å²) in [5, 5.41) is 11.2. The Morgan fingerprint density at radius 3 is 2.63 bits per heavy atom. The lowest BCUT2D eigenvalue weighted by Gasteiger charge is -2.37. The van der Waals surface area contributed by atoms with Crippen LogP contribution in [0.15, 0.2) is 0 Å². The van der Waals surface area contributed by atoms with E-state index in [0.717, 1.165) is 0 Å². The average Bonchev–Trinajstić information content (AvgIpc) is 2.30. The normalized spacial score (nSPS) is 24.6. The number of primary amides is 1. The summed E-state index contributed by atoms with van der Waals surface area (Å²) in [7, 11) is 0. The van der Waals surface area contributed by atoms with Gasteiger partial charge in [0.05, 0.1) is 25.2 Å². The van der Waals surface area contributed by atoms with E-state index in [2.05, 4.69) is 5.32 Å². The molecule has 1 heterocycles. The fraction of sp³-hybridized carbons (Fsp3) is 0.727. The van der Waals surface area contributed by atoms with E-state index in [1.165, 1.54) is 4.90 Å². The van der Waals surface area contributed by atoms with Crippen molar-refractivity contribution in [1.29, 1.82) is 0 Å². The van der Waals surface area contributed by atoms with Crippen molar-refractivity contribution in [2.24, 2.45) is 5.73 Å². The summed E-state index contributed by atoms with van der Waals surface area (Å²) < 4.78 is 5.38. The highest BCUT2D eigenvalue weighted by molar-refractivity contribution is 5.87. The first-order valence-electron chi connectivity index (χ1n) is 6.01. The van der Waals surface area contributed by atoms with E-state index in [-0.39, 0.29) is 12.1 Å². The van der Waals surface area contributed by atoms with E-state index in [0.29, 0.717) is 13.2 Å². The maximum absolute atomic E-state index is 12.0. The number of nitrogens with zero attached hydrogens (tertiary/aromatic N) is 1. The van der Waals surface area contributed by atoms with Gasteiger partial charge in [-0.1, -0.05) is 0 Å². The van der Waals surface area contributed by atoms with Gasteiger partial charge in [0.25, 0.3) is 0 Å². The minimum absolute atomic E-state index is 0.110. The highest BCUT2D eigenvalue weighted by Gasteiger charge is 2.30. The van der Waals surface area contributed by atoms with Gasteiger partial charge in [-0.2, -0.15) is 0 Å². The van der Waals surface area contributed by atoms with E-state index in [9.17, 15) is 14.4 Å². The predicted molar refractivity (Wildman–Crippen MR) is 65.3 cm³/mol. The number of hydrogen-bond donors (Lipinski definition) is 3. The van der Waals surface area contributed by atoms with Gasteiger partial charge >= 0.3 is 12.0 Å². The number of nitrogens with one attached hydrogen (secondary N) is 1. The van der Waals surface area contributed by atoms with Crippen LogP contribution in [0.4, 0.5) is 4.79 Å². The van der Waals surface area contributed by atoms with Gasteiger partial charge in [0.2, 0.25) is 5.91 Å². The quantitative estimate of drug-likeness (QED) is 0.615. The van der Waals surface area contributed by atoms with Crippen molar-refractivity contribution >= 4 is 17.9 Å². The number of morpholine rings is 1. The van der Waals surface area contributed by atoms with Gasteiger partial charge in [-0.05, 0) is 13.8 Å². The maximum atomic E-state index is 12.0. The van der Waals surface area contributed by atoms with E-state index in [4.69, 9.17) is 15.6 Å². The van der Waals surface area contributed by atoms with Crippen molar-refractivity contribution in [3.05, 3.63) is 0 Å². The zero-order valence-corrected chi connectivity index (χ0v) is 11.0. The Morgan fingerprint density at radius 1 is 1.47 bits per heavy atom. The predicted octanol–water partition coefficient (Wildman–Crippen LogP) is -0.866. The summed E-state index contributed by atoms with van der Waals surface area (Å²) in [5.41, 5.74) is 4.95. The van der Waals surface area contributed by atoms with E-state index in [1.807, 2.05) is 6.92 Å². The fourth-order valence-corrected chi connectivity index (χ4v) is 1.82. The van der Waals surface area contributed by atoms with Gasteiger partial charge in [-0.3, -0.25) is 4.79 Å². The molecule has 0 aromatic rings. The molecule has 0 aromatic heterocycles. The Bertz CT molecular complexity index is 373. The van der Waals surface area contributed by atoms with Crippen LogP contribution in [-0.2, 0) is 14.3 Å². The molecule has 8 heteroatoms. The van der Waals surface area contributed by atoms with Crippen molar-refractivity contribution in [1.82, 2.24) is 10.2 Å². The Labute approximate surface area is 110 Å². The van der Waals surface area contributed by atoms with Crippen LogP contribution in [-0.4, -0.2) is 59.3 Å². The molecule has 1 saturated heterocycles. The topological polar surface area (TPSA) is 122 Å². The molecule has 3 atom stereocenters. The molecule has 3 amide bonds. The highest BCUT2D eigenvalue weighted by Crippen LogP contribution is 2.11. The van der Waals surface area contributed by atoms with Crippen LogP contribution in [0, 0.1) is 0 Å². The molecule has 1 rings (SSSR count). The first-order chi connectivity index (χ1) is 8.81. The molecule has 1 aliphatic heterocycles. The third-order valence-electron chi connectivity index (χ3n) is 2.87. The number of nitrogens with two attached hydrogens (primary N) is 1. The third-order valence-corrected chi connectivity index (χ3v) is 2.87. The molecular weight excluding hydrogens is 254 g/mol. The smallest absolute Gasteiger partial charge is 0.326 e. The Hall–Kier alpha value is -1.83. The molecule has 4 N–H and O–H groups in total. The molecule has 0 aliphatic carbocycles. The summed E-state index contributed by atoms with van der Waals surface area (Å²) in [6.45, 7) is 4.39. The zero-order chi connectivity index (χ0) is 14.6. The molecule has 2 unspecified atom stereocenters. The van der Waals surface area contributed by atoms with Crippen molar-refractivity contribution in [3.8, 4) is 0 Å².